The van der Waals surface area contributed by atoms with Crippen molar-refractivity contribution in [1.82, 2.24) is 9.62 Å². The molecule has 4 rings (SSSR count). The molecule has 1 N–H and O–H groups in total. The molecule has 0 radical (unpaired) electrons. The Hall–Kier alpha value is -1.90. The molecule has 0 saturated carbocycles. The molecule has 2 aliphatic rings. The Morgan fingerprint density at radius 2 is 1.96 bits per heavy atom. The van der Waals surface area contributed by atoms with Crippen molar-refractivity contribution in [3.8, 4) is 5.75 Å². The van der Waals surface area contributed by atoms with E-state index in [1.54, 1.807) is 12.1 Å². The fourth-order valence-electron chi connectivity index (χ4n) is 3.54. The minimum atomic E-state index is -3.42. The standard InChI is InChI=1S/C19H22N2O4S2/c22-18(20-16-9-12-25-17-6-2-1-5-15(16)17)13-14-7-8-19(26-14)27(23,24)21-10-3-4-11-21/h1-2,5-8,16H,3-4,9-13H2,(H,20,22)/t16-/m1/s1. The number of sulfonamides is 1. The van der Waals surface area contributed by atoms with Crippen LogP contribution < -0.4 is 10.1 Å². The van der Waals surface area contributed by atoms with E-state index in [1.165, 1.54) is 15.6 Å². The number of benzene rings is 1. The number of thiophene rings is 1. The number of hydrogen-bond donors (Lipinski definition) is 1. The molecule has 1 aromatic heterocycles. The summed E-state index contributed by atoms with van der Waals surface area (Å²) in [4.78, 5) is 13.3. The summed E-state index contributed by atoms with van der Waals surface area (Å²) in [5.41, 5.74) is 0.987. The number of fused-ring (bicyclic) bond motifs is 1. The van der Waals surface area contributed by atoms with Gasteiger partial charge in [0.05, 0.1) is 19.1 Å². The first kappa shape index (κ1) is 18.5. The Morgan fingerprint density at radius 1 is 1.19 bits per heavy atom. The number of carbonyl (C=O) groups excluding carboxylic acids is 1. The summed E-state index contributed by atoms with van der Waals surface area (Å²) in [6.45, 7) is 1.73. The summed E-state index contributed by atoms with van der Waals surface area (Å²) in [6.07, 6.45) is 2.72. The smallest absolute Gasteiger partial charge is 0.252 e. The van der Waals surface area contributed by atoms with Crippen LogP contribution in [0.2, 0.25) is 0 Å². The fourth-order valence-corrected chi connectivity index (χ4v) is 6.57. The third kappa shape index (κ3) is 3.88. The summed E-state index contributed by atoms with van der Waals surface area (Å²) in [5.74, 6) is 0.702. The first-order valence-electron chi connectivity index (χ1n) is 9.14. The van der Waals surface area contributed by atoms with Crippen LogP contribution >= 0.6 is 11.3 Å². The minimum absolute atomic E-state index is 0.0739. The van der Waals surface area contributed by atoms with Crippen molar-refractivity contribution in [3.05, 3.63) is 46.8 Å². The molecule has 2 aliphatic heterocycles. The van der Waals surface area contributed by atoms with E-state index in [1.807, 2.05) is 24.3 Å². The van der Waals surface area contributed by atoms with Gasteiger partial charge < -0.3 is 10.1 Å². The van der Waals surface area contributed by atoms with Gasteiger partial charge in [-0.15, -0.1) is 11.3 Å². The Bertz CT molecular complexity index is 933. The third-order valence-electron chi connectivity index (χ3n) is 4.92. The second-order valence-electron chi connectivity index (χ2n) is 6.80. The van der Waals surface area contributed by atoms with E-state index in [4.69, 9.17) is 4.74 Å². The number of para-hydroxylation sites is 1. The number of nitrogens with zero attached hydrogens (tertiary/aromatic N) is 1. The molecule has 0 spiro atoms. The normalized spacial score (nSPS) is 20.1. The highest BCUT2D eigenvalue weighted by atomic mass is 32.2. The molecule has 0 unspecified atom stereocenters. The highest BCUT2D eigenvalue weighted by Gasteiger charge is 2.29. The molecule has 1 atom stereocenters. The molecule has 1 amide bonds. The lowest BCUT2D eigenvalue weighted by Gasteiger charge is -2.26. The first-order valence-corrected chi connectivity index (χ1v) is 11.4. The van der Waals surface area contributed by atoms with Crippen LogP contribution in [0, 0.1) is 0 Å². The van der Waals surface area contributed by atoms with Gasteiger partial charge in [0.2, 0.25) is 5.91 Å². The average Bonchev–Trinajstić information content (AvgIpc) is 3.34. The maximum atomic E-state index is 12.6. The van der Waals surface area contributed by atoms with Crippen LogP contribution in [0.25, 0.3) is 0 Å². The number of hydrogen-bond acceptors (Lipinski definition) is 5. The number of nitrogens with one attached hydrogen (secondary N) is 1. The first-order chi connectivity index (χ1) is 13.0. The lowest BCUT2D eigenvalue weighted by atomic mass is 10.0. The highest BCUT2D eigenvalue weighted by molar-refractivity contribution is 7.91. The molecule has 27 heavy (non-hydrogen) atoms. The monoisotopic (exact) mass is 406 g/mol. The van der Waals surface area contributed by atoms with E-state index >= 15 is 0 Å². The average molecular weight is 407 g/mol. The van der Waals surface area contributed by atoms with Gasteiger partial charge in [0.25, 0.3) is 10.0 Å². The Balaban J connectivity index is 1.42. The number of carbonyl (C=O) groups is 1. The fraction of sp³-hybridized carbons (Fsp3) is 0.421. The molecule has 6 nitrogen and oxygen atoms in total. The summed E-state index contributed by atoms with van der Waals surface area (Å²) in [5, 5.41) is 3.05. The second kappa shape index (κ2) is 7.61. The predicted molar refractivity (Wildman–Crippen MR) is 103 cm³/mol. The van der Waals surface area contributed by atoms with E-state index in [0.29, 0.717) is 23.9 Å². The van der Waals surface area contributed by atoms with Crippen molar-refractivity contribution < 1.29 is 17.9 Å². The SMILES string of the molecule is O=C(Cc1ccc(S(=O)(=O)N2CCCC2)s1)N[C@@H]1CCOc2ccccc21. The summed E-state index contributed by atoms with van der Waals surface area (Å²) >= 11 is 1.19. The van der Waals surface area contributed by atoms with Crippen molar-refractivity contribution in [1.29, 1.82) is 0 Å². The zero-order valence-corrected chi connectivity index (χ0v) is 16.5. The molecule has 8 heteroatoms. The molecule has 2 aromatic rings. The molecule has 3 heterocycles. The van der Waals surface area contributed by atoms with Gasteiger partial charge in [0.15, 0.2) is 0 Å². The van der Waals surface area contributed by atoms with E-state index in [-0.39, 0.29) is 18.4 Å². The van der Waals surface area contributed by atoms with Crippen LogP contribution in [0.3, 0.4) is 0 Å². The highest BCUT2D eigenvalue weighted by Crippen LogP contribution is 2.32. The molecule has 1 fully saturated rings. The summed E-state index contributed by atoms with van der Waals surface area (Å²) in [7, 11) is -3.42. The van der Waals surface area contributed by atoms with Crippen LogP contribution in [0.1, 0.15) is 35.7 Å². The lowest BCUT2D eigenvalue weighted by molar-refractivity contribution is -0.121. The van der Waals surface area contributed by atoms with Gasteiger partial charge in [-0.2, -0.15) is 4.31 Å². The van der Waals surface area contributed by atoms with Crippen molar-refractivity contribution in [2.75, 3.05) is 19.7 Å². The van der Waals surface area contributed by atoms with E-state index in [2.05, 4.69) is 5.32 Å². The Kier molecular flexibility index (Phi) is 5.21. The summed E-state index contributed by atoms with van der Waals surface area (Å²) in [6, 6.07) is 11.0. The van der Waals surface area contributed by atoms with Gasteiger partial charge in [-0.25, -0.2) is 8.42 Å². The molecule has 1 aromatic carbocycles. The van der Waals surface area contributed by atoms with Gasteiger partial charge in [-0.1, -0.05) is 18.2 Å². The van der Waals surface area contributed by atoms with Crippen molar-refractivity contribution >= 4 is 27.3 Å². The number of ether oxygens (including phenoxy) is 1. The maximum absolute atomic E-state index is 12.6. The van der Waals surface area contributed by atoms with Crippen LogP contribution in [-0.4, -0.2) is 38.3 Å². The van der Waals surface area contributed by atoms with E-state index in [0.717, 1.165) is 35.5 Å². The van der Waals surface area contributed by atoms with Crippen LogP contribution in [0.4, 0.5) is 0 Å². The second-order valence-corrected chi connectivity index (χ2v) is 10.1. The van der Waals surface area contributed by atoms with Crippen LogP contribution in [0.5, 0.6) is 5.75 Å². The quantitative estimate of drug-likeness (QED) is 0.828. The van der Waals surface area contributed by atoms with Gasteiger partial charge in [-0.05, 0) is 31.0 Å². The number of rotatable bonds is 5. The lowest BCUT2D eigenvalue weighted by Crippen LogP contribution is -2.33. The van der Waals surface area contributed by atoms with Crippen LogP contribution in [-0.2, 0) is 21.2 Å². The van der Waals surface area contributed by atoms with E-state index in [9.17, 15) is 13.2 Å². The Morgan fingerprint density at radius 3 is 2.78 bits per heavy atom. The largest absolute Gasteiger partial charge is 0.493 e. The predicted octanol–water partition coefficient (Wildman–Crippen LogP) is 2.72. The molecule has 144 valence electrons. The zero-order valence-electron chi connectivity index (χ0n) is 14.9. The van der Waals surface area contributed by atoms with Gasteiger partial charge in [0.1, 0.15) is 9.96 Å². The molecule has 1 saturated heterocycles. The van der Waals surface area contributed by atoms with Gasteiger partial charge in [0, 0.05) is 30.0 Å². The van der Waals surface area contributed by atoms with Gasteiger partial charge >= 0.3 is 0 Å². The Labute approximate surface area is 163 Å². The molecular weight excluding hydrogens is 384 g/mol. The number of amides is 1. The summed E-state index contributed by atoms with van der Waals surface area (Å²) < 4.78 is 32.7. The van der Waals surface area contributed by atoms with Crippen LogP contribution in [0.15, 0.2) is 40.6 Å². The van der Waals surface area contributed by atoms with Crippen molar-refractivity contribution in [3.63, 3.8) is 0 Å². The van der Waals surface area contributed by atoms with Crippen molar-refractivity contribution in [2.24, 2.45) is 0 Å². The topological polar surface area (TPSA) is 75.7 Å². The van der Waals surface area contributed by atoms with Gasteiger partial charge in [-0.3, -0.25) is 4.79 Å². The molecule has 0 bridgehead atoms. The maximum Gasteiger partial charge on any atom is 0.252 e. The third-order valence-corrected chi connectivity index (χ3v) is 8.38. The molecular formula is C19H22N2O4S2. The molecule has 0 aliphatic carbocycles. The van der Waals surface area contributed by atoms with Crippen molar-refractivity contribution in [2.45, 2.75) is 35.9 Å². The zero-order chi connectivity index (χ0) is 18.9. The van der Waals surface area contributed by atoms with E-state index < -0.39 is 10.0 Å². The minimum Gasteiger partial charge on any atom is -0.493 e.